The summed E-state index contributed by atoms with van der Waals surface area (Å²) in [6, 6.07) is 3.06. The smallest absolute Gasteiger partial charge is 0.391 e. The topological polar surface area (TPSA) is 83.5 Å². The average molecular weight is 303 g/mol. The van der Waals surface area contributed by atoms with E-state index in [0.717, 1.165) is 0 Å². The monoisotopic (exact) mass is 303 g/mol. The van der Waals surface area contributed by atoms with Gasteiger partial charge >= 0.3 is 12.1 Å². The lowest BCUT2D eigenvalue weighted by Crippen LogP contribution is -2.43. The molecule has 1 unspecified atom stereocenters. The van der Waals surface area contributed by atoms with Gasteiger partial charge in [-0.15, -0.1) is 0 Å². The van der Waals surface area contributed by atoms with Gasteiger partial charge in [-0.2, -0.15) is 13.2 Å². The van der Waals surface area contributed by atoms with Crippen molar-refractivity contribution in [3.8, 4) is 0 Å². The largest absolute Gasteiger partial charge is 0.480 e. The van der Waals surface area contributed by atoms with Crippen LogP contribution in [0.5, 0.6) is 0 Å². The summed E-state index contributed by atoms with van der Waals surface area (Å²) in [6.45, 7) is 1.32. The number of amides is 1. The van der Waals surface area contributed by atoms with Crippen molar-refractivity contribution in [3.05, 3.63) is 35.4 Å². The average Bonchev–Trinajstić information content (AvgIpc) is 2.36. The molecule has 2 N–H and O–H groups in total. The molecular formula is C13H12F3NO4. The Kier molecular flexibility index (Phi) is 5.07. The van der Waals surface area contributed by atoms with E-state index in [0.29, 0.717) is 5.56 Å². The first-order valence-electron chi connectivity index (χ1n) is 5.81. The van der Waals surface area contributed by atoms with Crippen molar-refractivity contribution >= 4 is 17.7 Å². The number of carbonyl (C=O) groups is 3. The molecule has 0 saturated carbocycles. The zero-order chi connectivity index (χ0) is 16.2. The lowest BCUT2D eigenvalue weighted by Gasteiger charge is -2.16. The summed E-state index contributed by atoms with van der Waals surface area (Å²) in [4.78, 5) is 33.5. The SMILES string of the molecule is CC(=O)c1ccc(C(=O)NC(CC(F)(F)F)C(=O)O)cc1. The number of Topliss-reactive ketones (excluding diaryl/α,β-unsaturated/α-hetero) is 1. The van der Waals surface area contributed by atoms with Gasteiger partial charge in [0.2, 0.25) is 0 Å². The minimum absolute atomic E-state index is 0.0339. The highest BCUT2D eigenvalue weighted by Gasteiger charge is 2.36. The molecule has 0 saturated heterocycles. The third-order valence-electron chi connectivity index (χ3n) is 2.59. The Hall–Kier alpha value is -2.38. The lowest BCUT2D eigenvalue weighted by atomic mass is 10.1. The number of hydrogen-bond acceptors (Lipinski definition) is 3. The van der Waals surface area contributed by atoms with E-state index in [4.69, 9.17) is 5.11 Å². The van der Waals surface area contributed by atoms with Gasteiger partial charge in [-0.3, -0.25) is 9.59 Å². The first-order valence-corrected chi connectivity index (χ1v) is 5.81. The summed E-state index contributed by atoms with van der Waals surface area (Å²) in [5, 5.41) is 10.5. The van der Waals surface area contributed by atoms with Gasteiger partial charge in [-0.05, 0) is 19.1 Å². The summed E-state index contributed by atoms with van der Waals surface area (Å²) in [5.74, 6) is -2.97. The van der Waals surface area contributed by atoms with Crippen LogP contribution >= 0.6 is 0 Å². The van der Waals surface area contributed by atoms with E-state index in [1.807, 2.05) is 0 Å². The Morgan fingerprint density at radius 2 is 1.62 bits per heavy atom. The van der Waals surface area contributed by atoms with Gasteiger partial charge in [0.25, 0.3) is 5.91 Å². The Labute approximate surface area is 117 Å². The predicted octanol–water partition coefficient (Wildman–Crippen LogP) is 2.02. The van der Waals surface area contributed by atoms with Crippen LogP contribution in [-0.4, -0.2) is 35.0 Å². The van der Waals surface area contributed by atoms with Crippen LogP contribution in [0.4, 0.5) is 13.2 Å². The van der Waals surface area contributed by atoms with Crippen LogP contribution in [0.15, 0.2) is 24.3 Å². The van der Waals surface area contributed by atoms with E-state index in [1.165, 1.54) is 31.2 Å². The fraction of sp³-hybridized carbons (Fsp3) is 0.308. The highest BCUT2D eigenvalue weighted by atomic mass is 19.4. The van der Waals surface area contributed by atoms with Crippen LogP contribution in [-0.2, 0) is 4.79 Å². The van der Waals surface area contributed by atoms with Crippen molar-refractivity contribution in [2.24, 2.45) is 0 Å². The Morgan fingerprint density at radius 1 is 1.14 bits per heavy atom. The number of carboxylic acids is 1. The zero-order valence-corrected chi connectivity index (χ0v) is 10.9. The van der Waals surface area contributed by atoms with Crippen molar-refractivity contribution in [2.45, 2.75) is 25.6 Å². The molecule has 5 nitrogen and oxygen atoms in total. The Morgan fingerprint density at radius 3 is 2.00 bits per heavy atom. The molecule has 0 heterocycles. The molecule has 0 aliphatic rings. The Balaban J connectivity index is 2.82. The molecule has 1 rings (SSSR count). The number of benzene rings is 1. The molecule has 0 spiro atoms. The summed E-state index contributed by atoms with van der Waals surface area (Å²) >= 11 is 0. The van der Waals surface area contributed by atoms with E-state index in [2.05, 4.69) is 0 Å². The van der Waals surface area contributed by atoms with Crippen LogP contribution in [0.3, 0.4) is 0 Å². The molecule has 0 bridgehead atoms. The minimum atomic E-state index is -4.71. The summed E-state index contributed by atoms with van der Waals surface area (Å²) in [5.41, 5.74) is 0.296. The number of aliphatic carboxylic acids is 1. The summed E-state index contributed by atoms with van der Waals surface area (Å²) in [6.07, 6.45) is -6.38. The van der Waals surface area contributed by atoms with Crippen LogP contribution in [0, 0.1) is 0 Å². The number of ketones is 1. The third-order valence-corrected chi connectivity index (χ3v) is 2.59. The molecule has 1 atom stereocenters. The van der Waals surface area contributed by atoms with E-state index in [1.54, 1.807) is 5.32 Å². The highest BCUT2D eigenvalue weighted by molar-refractivity contribution is 5.98. The molecular weight excluding hydrogens is 291 g/mol. The zero-order valence-electron chi connectivity index (χ0n) is 10.9. The van der Waals surface area contributed by atoms with Gasteiger partial charge in [-0.1, -0.05) is 12.1 Å². The van der Waals surface area contributed by atoms with Crippen molar-refractivity contribution in [1.29, 1.82) is 0 Å². The summed E-state index contributed by atoms with van der Waals surface area (Å²) in [7, 11) is 0. The number of halogens is 3. The molecule has 1 aromatic carbocycles. The van der Waals surface area contributed by atoms with Gasteiger partial charge in [0, 0.05) is 11.1 Å². The van der Waals surface area contributed by atoms with Gasteiger partial charge in [0.15, 0.2) is 5.78 Å². The van der Waals surface area contributed by atoms with Gasteiger partial charge in [-0.25, -0.2) is 4.79 Å². The number of rotatable bonds is 5. The minimum Gasteiger partial charge on any atom is -0.480 e. The van der Waals surface area contributed by atoms with Crippen LogP contribution in [0.25, 0.3) is 0 Å². The first kappa shape index (κ1) is 16.7. The van der Waals surface area contributed by atoms with Crippen molar-refractivity contribution < 1.29 is 32.7 Å². The number of alkyl halides is 3. The van der Waals surface area contributed by atoms with E-state index >= 15 is 0 Å². The van der Waals surface area contributed by atoms with Gasteiger partial charge < -0.3 is 10.4 Å². The van der Waals surface area contributed by atoms with Gasteiger partial charge in [0.1, 0.15) is 6.04 Å². The number of carboxylic acid groups (broad SMARTS) is 1. The van der Waals surface area contributed by atoms with E-state index < -0.39 is 30.5 Å². The molecule has 0 aromatic heterocycles. The quantitative estimate of drug-likeness (QED) is 0.815. The Bertz CT molecular complexity index is 552. The summed E-state index contributed by atoms with van der Waals surface area (Å²) < 4.78 is 36.6. The van der Waals surface area contributed by atoms with E-state index in [-0.39, 0.29) is 11.3 Å². The predicted molar refractivity (Wildman–Crippen MR) is 66.0 cm³/mol. The van der Waals surface area contributed by atoms with Crippen molar-refractivity contribution in [2.75, 3.05) is 0 Å². The fourth-order valence-corrected chi connectivity index (χ4v) is 1.53. The maximum absolute atomic E-state index is 12.2. The second kappa shape index (κ2) is 6.38. The standard InChI is InChI=1S/C13H12F3NO4/c1-7(18)8-2-4-9(5-3-8)11(19)17-10(12(20)21)6-13(14,15)16/h2-5,10H,6H2,1H3,(H,17,19)(H,20,21). The van der Waals surface area contributed by atoms with Crippen molar-refractivity contribution in [1.82, 2.24) is 5.32 Å². The van der Waals surface area contributed by atoms with Crippen LogP contribution < -0.4 is 5.32 Å². The molecule has 114 valence electrons. The third kappa shape index (κ3) is 5.25. The molecule has 0 radical (unpaired) electrons. The molecule has 0 aliphatic carbocycles. The number of nitrogens with one attached hydrogen (secondary N) is 1. The van der Waals surface area contributed by atoms with Gasteiger partial charge in [0.05, 0.1) is 6.42 Å². The number of carbonyl (C=O) groups excluding carboxylic acids is 2. The molecule has 1 aromatic rings. The van der Waals surface area contributed by atoms with Crippen LogP contribution in [0.1, 0.15) is 34.1 Å². The second-order valence-electron chi connectivity index (χ2n) is 4.32. The number of hydrogen-bond donors (Lipinski definition) is 2. The maximum Gasteiger partial charge on any atom is 0.391 e. The maximum atomic E-state index is 12.2. The lowest BCUT2D eigenvalue weighted by molar-refractivity contribution is -0.157. The molecule has 0 fully saturated rings. The molecule has 21 heavy (non-hydrogen) atoms. The molecule has 8 heteroatoms. The van der Waals surface area contributed by atoms with E-state index in [9.17, 15) is 27.6 Å². The van der Waals surface area contributed by atoms with Crippen molar-refractivity contribution in [3.63, 3.8) is 0 Å². The van der Waals surface area contributed by atoms with Crippen LogP contribution in [0.2, 0.25) is 0 Å². The molecule has 0 aliphatic heterocycles. The highest BCUT2D eigenvalue weighted by Crippen LogP contribution is 2.21. The second-order valence-corrected chi connectivity index (χ2v) is 4.32. The fourth-order valence-electron chi connectivity index (χ4n) is 1.53. The normalized spacial score (nSPS) is 12.6. The first-order chi connectivity index (χ1) is 9.60. The molecule has 1 amide bonds.